The third kappa shape index (κ3) is 7.96. The van der Waals surface area contributed by atoms with Crippen LogP contribution < -0.4 is 15.5 Å². The lowest BCUT2D eigenvalue weighted by atomic mass is 10.1. The van der Waals surface area contributed by atoms with Gasteiger partial charge in [-0.25, -0.2) is 4.98 Å². The number of rotatable bonds is 7. The minimum Gasteiger partial charge on any atom is -0.356 e. The number of halogens is 1. The van der Waals surface area contributed by atoms with Crippen LogP contribution >= 0.6 is 24.0 Å². The lowest BCUT2D eigenvalue weighted by Gasteiger charge is -2.34. The third-order valence-corrected chi connectivity index (χ3v) is 5.62. The number of nitrogens with one attached hydrogen (secondary N) is 2. The summed E-state index contributed by atoms with van der Waals surface area (Å²) in [4.78, 5) is 13.9. The predicted molar refractivity (Wildman–Crippen MR) is 142 cm³/mol. The van der Waals surface area contributed by atoms with Crippen molar-refractivity contribution in [3.63, 3.8) is 0 Å². The van der Waals surface area contributed by atoms with Crippen molar-refractivity contribution in [1.82, 2.24) is 20.5 Å². The molecule has 2 aromatic rings. The van der Waals surface area contributed by atoms with Crippen molar-refractivity contribution in [3.8, 4) is 0 Å². The van der Waals surface area contributed by atoms with Gasteiger partial charge in [0.15, 0.2) is 5.96 Å². The Morgan fingerprint density at radius 3 is 2.29 bits per heavy atom. The molecule has 0 spiro atoms. The first-order valence-corrected chi connectivity index (χ1v) is 11.0. The molecule has 170 valence electrons. The minimum atomic E-state index is 0. The SMILES string of the molecule is CCN1CCN(c2ccc(CNC(=NC)NCCc3cc(C)cc(C)c3)cn2)CC1.I. The zero-order valence-corrected chi connectivity index (χ0v) is 21.6. The van der Waals surface area contributed by atoms with Gasteiger partial charge in [0.05, 0.1) is 0 Å². The fourth-order valence-corrected chi connectivity index (χ4v) is 3.95. The summed E-state index contributed by atoms with van der Waals surface area (Å²) in [5, 5.41) is 6.79. The summed E-state index contributed by atoms with van der Waals surface area (Å²) in [5.41, 5.74) is 5.14. The van der Waals surface area contributed by atoms with Gasteiger partial charge in [0.25, 0.3) is 0 Å². The Bertz CT molecular complexity index is 808. The smallest absolute Gasteiger partial charge is 0.191 e. The second-order valence-electron chi connectivity index (χ2n) is 8.04. The number of nitrogens with zero attached hydrogens (tertiary/aromatic N) is 4. The Morgan fingerprint density at radius 2 is 1.71 bits per heavy atom. The molecule has 31 heavy (non-hydrogen) atoms. The van der Waals surface area contributed by atoms with Crippen LogP contribution in [0, 0.1) is 13.8 Å². The van der Waals surface area contributed by atoms with E-state index in [-0.39, 0.29) is 24.0 Å². The van der Waals surface area contributed by atoms with Gasteiger partial charge in [0.1, 0.15) is 5.82 Å². The Balaban J connectivity index is 0.00000341. The first kappa shape index (κ1) is 25.4. The summed E-state index contributed by atoms with van der Waals surface area (Å²) in [7, 11) is 1.81. The number of guanidine groups is 1. The van der Waals surface area contributed by atoms with E-state index in [1.54, 1.807) is 0 Å². The second-order valence-corrected chi connectivity index (χ2v) is 8.04. The van der Waals surface area contributed by atoms with Crippen molar-refractivity contribution < 1.29 is 0 Å². The summed E-state index contributed by atoms with van der Waals surface area (Å²) < 4.78 is 0. The van der Waals surface area contributed by atoms with Crippen LogP contribution in [0.2, 0.25) is 0 Å². The number of aryl methyl sites for hydroxylation is 2. The molecule has 3 rings (SSSR count). The van der Waals surface area contributed by atoms with E-state index in [1.807, 2.05) is 13.2 Å². The molecule has 1 aromatic heterocycles. The van der Waals surface area contributed by atoms with Crippen LogP contribution in [0.4, 0.5) is 5.82 Å². The Kier molecular flexibility index (Phi) is 10.5. The van der Waals surface area contributed by atoms with Crippen molar-refractivity contribution in [3.05, 3.63) is 58.8 Å². The van der Waals surface area contributed by atoms with E-state index in [2.05, 4.69) is 81.5 Å². The number of anilines is 1. The normalized spacial score (nSPS) is 14.8. The zero-order chi connectivity index (χ0) is 21.3. The highest BCUT2D eigenvalue weighted by atomic mass is 127. The maximum absolute atomic E-state index is 4.68. The fourth-order valence-electron chi connectivity index (χ4n) is 3.95. The number of pyridine rings is 1. The van der Waals surface area contributed by atoms with Crippen LogP contribution in [0.15, 0.2) is 41.5 Å². The van der Waals surface area contributed by atoms with E-state index in [0.29, 0.717) is 6.54 Å². The largest absolute Gasteiger partial charge is 0.356 e. The number of piperazine rings is 1. The summed E-state index contributed by atoms with van der Waals surface area (Å²) >= 11 is 0. The number of benzene rings is 1. The standard InChI is InChI=1S/C24H36N6.HI/c1-5-29-10-12-30(13-11-29)23-7-6-22(17-27-23)18-28-24(25-4)26-9-8-21-15-19(2)14-20(3)16-21;/h6-7,14-17H,5,8-13,18H2,1-4H3,(H2,25,26,28);1H. The van der Waals surface area contributed by atoms with E-state index >= 15 is 0 Å². The molecule has 0 unspecified atom stereocenters. The molecule has 2 heterocycles. The summed E-state index contributed by atoms with van der Waals surface area (Å²) in [5.74, 6) is 1.89. The van der Waals surface area contributed by atoms with Gasteiger partial charge in [0.2, 0.25) is 0 Å². The quantitative estimate of drug-likeness (QED) is 0.323. The molecule has 7 heteroatoms. The van der Waals surface area contributed by atoms with E-state index in [1.165, 1.54) is 16.7 Å². The van der Waals surface area contributed by atoms with Gasteiger partial charge in [-0.2, -0.15) is 0 Å². The number of hydrogen-bond donors (Lipinski definition) is 2. The molecule has 0 bridgehead atoms. The van der Waals surface area contributed by atoms with Crippen LogP contribution in [0.1, 0.15) is 29.2 Å². The lowest BCUT2D eigenvalue weighted by molar-refractivity contribution is 0.270. The van der Waals surface area contributed by atoms with E-state index in [9.17, 15) is 0 Å². The molecule has 0 amide bonds. The molecule has 2 N–H and O–H groups in total. The monoisotopic (exact) mass is 536 g/mol. The average molecular weight is 537 g/mol. The fraction of sp³-hybridized carbons (Fsp3) is 0.500. The second kappa shape index (κ2) is 12.9. The molecular formula is C24H37IN6. The van der Waals surface area contributed by atoms with Crippen LogP contribution in [0.3, 0.4) is 0 Å². The van der Waals surface area contributed by atoms with Gasteiger partial charge in [-0.3, -0.25) is 4.99 Å². The minimum absolute atomic E-state index is 0. The van der Waals surface area contributed by atoms with Crippen molar-refractivity contribution in [2.24, 2.45) is 4.99 Å². The highest BCUT2D eigenvalue weighted by Crippen LogP contribution is 2.14. The van der Waals surface area contributed by atoms with Gasteiger partial charge < -0.3 is 20.4 Å². The molecule has 0 radical (unpaired) electrons. The van der Waals surface area contributed by atoms with Gasteiger partial charge in [-0.05, 0) is 44.0 Å². The molecule has 6 nitrogen and oxygen atoms in total. The number of hydrogen-bond acceptors (Lipinski definition) is 4. The van der Waals surface area contributed by atoms with Crippen molar-refractivity contribution in [1.29, 1.82) is 0 Å². The predicted octanol–water partition coefficient (Wildman–Crippen LogP) is 3.37. The maximum atomic E-state index is 4.68. The highest BCUT2D eigenvalue weighted by Gasteiger charge is 2.16. The first-order chi connectivity index (χ1) is 14.6. The Morgan fingerprint density at radius 1 is 1.00 bits per heavy atom. The van der Waals surface area contributed by atoms with E-state index in [0.717, 1.165) is 63.0 Å². The maximum Gasteiger partial charge on any atom is 0.191 e. The average Bonchev–Trinajstić information content (AvgIpc) is 2.76. The molecule has 0 saturated carbocycles. The number of aliphatic imine (C=N–C) groups is 1. The molecule has 1 aromatic carbocycles. The zero-order valence-electron chi connectivity index (χ0n) is 19.3. The molecule has 1 fully saturated rings. The van der Waals surface area contributed by atoms with Crippen LogP contribution in [-0.4, -0.2) is 62.2 Å². The first-order valence-electron chi connectivity index (χ1n) is 11.0. The number of likely N-dealkylation sites (N-methyl/N-ethyl adjacent to an activating group) is 1. The lowest BCUT2D eigenvalue weighted by Crippen LogP contribution is -2.46. The van der Waals surface area contributed by atoms with Crippen LogP contribution in [0.25, 0.3) is 0 Å². The van der Waals surface area contributed by atoms with Crippen LogP contribution in [-0.2, 0) is 13.0 Å². The molecule has 1 aliphatic rings. The molecule has 0 atom stereocenters. The van der Waals surface area contributed by atoms with Crippen molar-refractivity contribution in [2.75, 3.05) is 51.2 Å². The van der Waals surface area contributed by atoms with Gasteiger partial charge in [-0.1, -0.05) is 42.3 Å². The van der Waals surface area contributed by atoms with Crippen LogP contribution in [0.5, 0.6) is 0 Å². The van der Waals surface area contributed by atoms with E-state index in [4.69, 9.17) is 0 Å². The molecule has 1 saturated heterocycles. The molecule has 1 aliphatic heterocycles. The topological polar surface area (TPSA) is 55.8 Å². The van der Waals surface area contributed by atoms with Gasteiger partial charge in [0, 0.05) is 52.5 Å². The van der Waals surface area contributed by atoms with E-state index < -0.39 is 0 Å². The summed E-state index contributed by atoms with van der Waals surface area (Å²) in [6.07, 6.45) is 2.95. The Labute approximate surface area is 204 Å². The van der Waals surface area contributed by atoms with Gasteiger partial charge in [-0.15, -0.1) is 24.0 Å². The van der Waals surface area contributed by atoms with Crippen molar-refractivity contribution in [2.45, 2.75) is 33.7 Å². The number of aromatic nitrogens is 1. The highest BCUT2D eigenvalue weighted by molar-refractivity contribution is 14.0. The van der Waals surface area contributed by atoms with Crippen molar-refractivity contribution >= 4 is 35.8 Å². The third-order valence-electron chi connectivity index (χ3n) is 5.62. The molecule has 0 aliphatic carbocycles. The molecular weight excluding hydrogens is 499 g/mol. The summed E-state index contributed by atoms with van der Waals surface area (Å²) in [6.45, 7) is 13.5. The van der Waals surface area contributed by atoms with Gasteiger partial charge >= 0.3 is 0 Å². The summed E-state index contributed by atoms with van der Waals surface area (Å²) in [6, 6.07) is 11.0. The Hall–Kier alpha value is -1.87.